The predicted octanol–water partition coefficient (Wildman–Crippen LogP) is 3.75. The van der Waals surface area contributed by atoms with Gasteiger partial charge in [0.1, 0.15) is 35.5 Å². The number of aromatic amines is 1. The van der Waals surface area contributed by atoms with Gasteiger partial charge < -0.3 is 19.8 Å². The molecule has 0 saturated heterocycles. The molecular formula is C26H23N7O2. The lowest BCUT2D eigenvalue weighted by molar-refractivity contribution is 0.301. The van der Waals surface area contributed by atoms with Crippen LogP contribution in [0.4, 0.5) is 0 Å². The topological polar surface area (TPSA) is 102 Å². The van der Waals surface area contributed by atoms with E-state index in [9.17, 15) is 0 Å². The fraction of sp³-hybridized carbons (Fsp3) is 0.154. The Bertz CT molecular complexity index is 1500. The number of rotatable bonds is 7. The van der Waals surface area contributed by atoms with E-state index in [2.05, 4.69) is 31.7 Å². The molecule has 3 heterocycles. The molecule has 0 unspecified atom stereocenters. The lowest BCUT2D eigenvalue weighted by Gasteiger charge is -2.05. The van der Waals surface area contributed by atoms with Crippen LogP contribution in [0.5, 0.6) is 11.5 Å². The van der Waals surface area contributed by atoms with Crippen LogP contribution in [0.15, 0.2) is 77.9 Å². The molecule has 0 saturated carbocycles. The largest absolute Gasteiger partial charge is 0.497 e. The van der Waals surface area contributed by atoms with Crippen molar-refractivity contribution in [3.63, 3.8) is 0 Å². The second kappa shape index (κ2) is 8.94. The smallest absolute Gasteiger partial charge is 0.138 e. The highest BCUT2D eigenvalue weighted by Gasteiger charge is 2.11. The van der Waals surface area contributed by atoms with Crippen molar-refractivity contribution >= 4 is 16.9 Å². The van der Waals surface area contributed by atoms with Crippen LogP contribution >= 0.6 is 0 Å². The number of ether oxygens (including phenoxy) is 2. The molecule has 0 amide bonds. The molecule has 0 bridgehead atoms. The van der Waals surface area contributed by atoms with Crippen molar-refractivity contribution in [1.29, 1.82) is 0 Å². The first-order valence-corrected chi connectivity index (χ1v) is 11.3. The van der Waals surface area contributed by atoms with Crippen LogP contribution in [0.3, 0.4) is 0 Å². The van der Waals surface area contributed by atoms with Crippen LogP contribution in [0.1, 0.15) is 11.3 Å². The van der Waals surface area contributed by atoms with E-state index in [-0.39, 0.29) is 0 Å². The summed E-state index contributed by atoms with van der Waals surface area (Å²) in [6.07, 6.45) is 1.85. The molecular weight excluding hydrogens is 442 g/mol. The molecule has 2 N–H and O–H groups in total. The lowest BCUT2D eigenvalue weighted by atomic mass is 10.2. The van der Waals surface area contributed by atoms with E-state index in [1.54, 1.807) is 11.8 Å². The molecule has 35 heavy (non-hydrogen) atoms. The third-order valence-electron chi connectivity index (χ3n) is 5.82. The molecule has 9 nitrogen and oxygen atoms in total. The summed E-state index contributed by atoms with van der Waals surface area (Å²) in [5.74, 6) is 3.29. The molecule has 5 aromatic rings. The number of benzene rings is 3. The zero-order valence-electron chi connectivity index (χ0n) is 19.1. The van der Waals surface area contributed by atoms with E-state index >= 15 is 0 Å². The SMILES string of the molecule is COc1ccc(-n2cc(COc3ccc(-c4nc5ccc(C6=NCCN6)cc5[nH]4)cc3)nn2)cc1. The lowest BCUT2D eigenvalue weighted by Crippen LogP contribution is -2.19. The number of aromatic nitrogens is 5. The van der Waals surface area contributed by atoms with Gasteiger partial charge in [-0.1, -0.05) is 5.21 Å². The highest BCUT2D eigenvalue weighted by molar-refractivity contribution is 6.02. The first-order chi connectivity index (χ1) is 17.2. The van der Waals surface area contributed by atoms with Crippen molar-refractivity contribution in [3.05, 3.63) is 84.2 Å². The Kier molecular flexibility index (Phi) is 5.34. The molecule has 2 aromatic heterocycles. The van der Waals surface area contributed by atoms with Crippen LogP contribution in [0, 0.1) is 0 Å². The number of imidazole rings is 1. The van der Waals surface area contributed by atoms with Gasteiger partial charge in [0, 0.05) is 17.7 Å². The number of fused-ring (bicyclic) bond motifs is 1. The summed E-state index contributed by atoms with van der Waals surface area (Å²) in [5, 5.41) is 11.7. The number of amidine groups is 1. The Hall–Kier alpha value is -4.66. The van der Waals surface area contributed by atoms with Gasteiger partial charge in [-0.3, -0.25) is 4.99 Å². The third kappa shape index (κ3) is 4.31. The van der Waals surface area contributed by atoms with Crippen LogP contribution in [-0.4, -0.2) is 51.0 Å². The normalized spacial score (nSPS) is 13.0. The van der Waals surface area contributed by atoms with Gasteiger partial charge in [-0.05, 0) is 66.7 Å². The Balaban J connectivity index is 1.12. The standard InChI is InChI=1S/C26H23N7O2/c1-34-21-9-5-20(6-10-21)33-15-19(31-32-33)16-35-22-7-2-17(3-8-22)26-29-23-11-4-18(14-24(23)30-26)25-27-12-13-28-25/h2-11,14-15H,12-13,16H2,1H3,(H,27,28)(H,29,30). The van der Waals surface area contributed by atoms with E-state index in [4.69, 9.17) is 14.5 Å². The second-order valence-electron chi connectivity index (χ2n) is 8.14. The first kappa shape index (κ1) is 20.9. The van der Waals surface area contributed by atoms with E-state index in [0.29, 0.717) is 6.61 Å². The van der Waals surface area contributed by atoms with Gasteiger partial charge in [-0.15, -0.1) is 5.10 Å². The number of methoxy groups -OCH3 is 1. The molecule has 0 atom stereocenters. The molecule has 0 radical (unpaired) electrons. The molecule has 0 spiro atoms. The average molecular weight is 466 g/mol. The second-order valence-corrected chi connectivity index (χ2v) is 8.14. The molecule has 1 aliphatic heterocycles. The van der Waals surface area contributed by atoms with Crippen molar-refractivity contribution in [2.45, 2.75) is 6.61 Å². The number of hydrogen-bond donors (Lipinski definition) is 2. The van der Waals surface area contributed by atoms with Gasteiger partial charge >= 0.3 is 0 Å². The maximum atomic E-state index is 5.91. The highest BCUT2D eigenvalue weighted by atomic mass is 16.5. The summed E-state index contributed by atoms with van der Waals surface area (Å²) < 4.78 is 12.8. The molecule has 0 fully saturated rings. The van der Waals surface area contributed by atoms with Gasteiger partial charge in [0.2, 0.25) is 0 Å². The number of aliphatic imine (C=N–C) groups is 1. The van der Waals surface area contributed by atoms with Crippen molar-refractivity contribution in [2.24, 2.45) is 4.99 Å². The number of nitrogens with one attached hydrogen (secondary N) is 2. The molecule has 9 heteroatoms. The van der Waals surface area contributed by atoms with Gasteiger partial charge in [0.05, 0.1) is 36.6 Å². The minimum atomic E-state index is 0.320. The third-order valence-corrected chi connectivity index (χ3v) is 5.82. The van der Waals surface area contributed by atoms with Gasteiger partial charge in [0.15, 0.2) is 0 Å². The summed E-state index contributed by atoms with van der Waals surface area (Å²) in [6.45, 7) is 2.02. The summed E-state index contributed by atoms with van der Waals surface area (Å²) in [4.78, 5) is 12.6. The monoisotopic (exact) mass is 465 g/mol. The van der Waals surface area contributed by atoms with Crippen molar-refractivity contribution in [1.82, 2.24) is 30.3 Å². The molecule has 0 aliphatic carbocycles. The fourth-order valence-corrected chi connectivity index (χ4v) is 3.98. The first-order valence-electron chi connectivity index (χ1n) is 11.3. The zero-order chi connectivity index (χ0) is 23.6. The summed E-state index contributed by atoms with van der Waals surface area (Å²) >= 11 is 0. The van der Waals surface area contributed by atoms with Gasteiger partial charge in [0.25, 0.3) is 0 Å². The van der Waals surface area contributed by atoms with Gasteiger partial charge in [-0.25, -0.2) is 9.67 Å². The van der Waals surface area contributed by atoms with E-state index < -0.39 is 0 Å². The maximum absolute atomic E-state index is 5.91. The van der Waals surface area contributed by atoms with Crippen LogP contribution in [0.2, 0.25) is 0 Å². The van der Waals surface area contributed by atoms with Crippen molar-refractivity contribution in [2.75, 3.05) is 20.2 Å². The fourth-order valence-electron chi connectivity index (χ4n) is 3.98. The molecule has 174 valence electrons. The number of nitrogens with zero attached hydrogens (tertiary/aromatic N) is 5. The Morgan fingerprint density at radius 3 is 2.51 bits per heavy atom. The average Bonchev–Trinajstić information content (AvgIpc) is 3.68. The Morgan fingerprint density at radius 2 is 1.74 bits per heavy atom. The van der Waals surface area contributed by atoms with E-state index in [0.717, 1.165) is 69.8 Å². The van der Waals surface area contributed by atoms with Crippen molar-refractivity contribution in [3.8, 4) is 28.6 Å². The van der Waals surface area contributed by atoms with Crippen molar-refractivity contribution < 1.29 is 9.47 Å². The van der Waals surface area contributed by atoms with Gasteiger partial charge in [-0.2, -0.15) is 0 Å². The highest BCUT2D eigenvalue weighted by Crippen LogP contribution is 2.24. The molecule has 1 aliphatic rings. The van der Waals surface area contributed by atoms with E-state index in [1.807, 2.05) is 66.9 Å². The number of H-pyrrole nitrogens is 1. The minimum absolute atomic E-state index is 0.320. The Labute approximate surface area is 201 Å². The molecule has 3 aromatic carbocycles. The maximum Gasteiger partial charge on any atom is 0.138 e. The molecule has 6 rings (SSSR count). The summed E-state index contributed by atoms with van der Waals surface area (Å²) in [7, 11) is 1.64. The summed E-state index contributed by atoms with van der Waals surface area (Å²) in [5.41, 5.74) is 5.59. The van der Waals surface area contributed by atoms with Crippen LogP contribution in [0.25, 0.3) is 28.1 Å². The van der Waals surface area contributed by atoms with E-state index in [1.165, 1.54) is 0 Å². The summed E-state index contributed by atoms with van der Waals surface area (Å²) in [6, 6.07) is 21.6. The van der Waals surface area contributed by atoms with Crippen LogP contribution in [-0.2, 0) is 6.61 Å². The number of hydrogen-bond acceptors (Lipinski definition) is 7. The zero-order valence-corrected chi connectivity index (χ0v) is 19.1. The quantitative estimate of drug-likeness (QED) is 0.380. The minimum Gasteiger partial charge on any atom is -0.497 e. The van der Waals surface area contributed by atoms with Crippen LogP contribution < -0.4 is 14.8 Å². The Morgan fingerprint density at radius 1 is 0.943 bits per heavy atom. The predicted molar refractivity (Wildman–Crippen MR) is 133 cm³/mol.